The molecule has 0 N–H and O–H groups in total. The molecular weight excluding hydrogens is 368 g/mol. The minimum Gasteiger partial charge on any atom is -0.493 e. The van der Waals surface area contributed by atoms with Crippen LogP contribution in [-0.2, 0) is 10.1 Å². The first kappa shape index (κ1) is 18.5. The first-order valence-corrected chi connectivity index (χ1v) is 9.36. The van der Waals surface area contributed by atoms with Gasteiger partial charge in [-0.2, -0.15) is 8.42 Å². The number of esters is 1. The fourth-order valence-corrected chi connectivity index (χ4v) is 3.30. The van der Waals surface area contributed by atoms with Crippen molar-refractivity contribution in [1.82, 2.24) is 0 Å². The van der Waals surface area contributed by atoms with E-state index in [0.29, 0.717) is 5.75 Å². The molecule has 0 aromatic heterocycles. The molecule has 0 aliphatic heterocycles. The number of carbonyl (C=O) groups is 1. The number of para-hydroxylation sites is 2. The predicted molar refractivity (Wildman–Crippen MR) is 98.7 cm³/mol. The van der Waals surface area contributed by atoms with Crippen LogP contribution in [0.3, 0.4) is 0 Å². The zero-order valence-electron chi connectivity index (χ0n) is 14.4. The fraction of sp³-hybridized carbons (Fsp3) is 0.0500. The molecule has 0 fully saturated rings. The van der Waals surface area contributed by atoms with Crippen molar-refractivity contribution < 1.29 is 26.9 Å². The maximum absolute atomic E-state index is 12.6. The second-order valence-corrected chi connectivity index (χ2v) is 6.94. The maximum Gasteiger partial charge on any atom is 0.347 e. The molecule has 0 spiro atoms. The van der Waals surface area contributed by atoms with Crippen molar-refractivity contribution in [3.8, 4) is 17.2 Å². The van der Waals surface area contributed by atoms with E-state index in [-0.39, 0.29) is 22.0 Å². The van der Waals surface area contributed by atoms with E-state index in [9.17, 15) is 13.2 Å². The zero-order valence-corrected chi connectivity index (χ0v) is 15.2. The molecule has 27 heavy (non-hydrogen) atoms. The van der Waals surface area contributed by atoms with Gasteiger partial charge in [0.15, 0.2) is 11.5 Å². The quantitative estimate of drug-likeness (QED) is 0.366. The smallest absolute Gasteiger partial charge is 0.347 e. The second kappa shape index (κ2) is 7.92. The van der Waals surface area contributed by atoms with Gasteiger partial charge in [0.25, 0.3) is 0 Å². The minimum atomic E-state index is -4.16. The van der Waals surface area contributed by atoms with Crippen LogP contribution in [-0.4, -0.2) is 21.5 Å². The largest absolute Gasteiger partial charge is 0.493 e. The van der Waals surface area contributed by atoms with Crippen molar-refractivity contribution in [3.63, 3.8) is 0 Å². The highest BCUT2D eigenvalue weighted by atomic mass is 32.2. The number of ether oxygens (including phenoxy) is 2. The van der Waals surface area contributed by atoms with E-state index in [1.165, 1.54) is 31.4 Å². The van der Waals surface area contributed by atoms with Gasteiger partial charge in [-0.05, 0) is 36.4 Å². The second-order valence-electron chi connectivity index (χ2n) is 5.39. The molecule has 0 radical (unpaired) electrons. The van der Waals surface area contributed by atoms with Crippen LogP contribution in [0.5, 0.6) is 17.2 Å². The summed E-state index contributed by atoms with van der Waals surface area (Å²) in [5, 5.41) is 0. The molecule has 0 atom stereocenters. The molecular formula is C20H16O6S. The third kappa shape index (κ3) is 4.27. The van der Waals surface area contributed by atoms with E-state index in [1.807, 2.05) is 0 Å². The number of benzene rings is 3. The van der Waals surface area contributed by atoms with Crippen LogP contribution in [0.25, 0.3) is 0 Å². The highest BCUT2D eigenvalue weighted by Crippen LogP contribution is 2.34. The summed E-state index contributed by atoms with van der Waals surface area (Å²) < 4.78 is 40.9. The van der Waals surface area contributed by atoms with Gasteiger partial charge in [-0.15, -0.1) is 0 Å². The maximum atomic E-state index is 12.6. The summed E-state index contributed by atoms with van der Waals surface area (Å²) in [5.41, 5.74) is -0.0716. The highest BCUT2D eigenvalue weighted by Gasteiger charge is 2.25. The Kier molecular flexibility index (Phi) is 5.42. The minimum absolute atomic E-state index is 0.0433. The van der Waals surface area contributed by atoms with Gasteiger partial charge in [0.05, 0.1) is 7.11 Å². The summed E-state index contributed by atoms with van der Waals surface area (Å²) in [6, 6.07) is 20.5. The molecule has 0 amide bonds. The summed E-state index contributed by atoms with van der Waals surface area (Å²) in [5.74, 6) is -0.581. The fourth-order valence-electron chi connectivity index (χ4n) is 2.32. The van der Waals surface area contributed by atoms with Crippen molar-refractivity contribution in [1.29, 1.82) is 0 Å². The van der Waals surface area contributed by atoms with Gasteiger partial charge in [0.1, 0.15) is 16.2 Å². The number of hydrogen-bond donors (Lipinski definition) is 0. The van der Waals surface area contributed by atoms with Crippen molar-refractivity contribution in [2.75, 3.05) is 7.11 Å². The first-order chi connectivity index (χ1) is 13.0. The van der Waals surface area contributed by atoms with E-state index >= 15 is 0 Å². The molecule has 0 saturated carbocycles. The lowest BCUT2D eigenvalue weighted by atomic mass is 10.2. The molecule has 0 saturated heterocycles. The first-order valence-electron chi connectivity index (χ1n) is 7.95. The predicted octanol–water partition coefficient (Wildman–Crippen LogP) is 3.68. The normalized spacial score (nSPS) is 10.9. The number of methoxy groups -OCH3 is 1. The van der Waals surface area contributed by atoms with E-state index in [4.69, 9.17) is 13.7 Å². The lowest BCUT2D eigenvalue weighted by Gasteiger charge is -2.14. The van der Waals surface area contributed by atoms with Gasteiger partial charge in [-0.3, -0.25) is 0 Å². The summed E-state index contributed by atoms with van der Waals surface area (Å²) >= 11 is 0. The molecule has 3 aromatic carbocycles. The van der Waals surface area contributed by atoms with Gasteiger partial charge < -0.3 is 13.7 Å². The number of hydrogen-bond acceptors (Lipinski definition) is 6. The molecule has 0 aliphatic carbocycles. The average molecular weight is 384 g/mol. The molecule has 7 heteroatoms. The van der Waals surface area contributed by atoms with Crippen LogP contribution >= 0.6 is 0 Å². The molecule has 0 aliphatic rings. The third-order valence-corrected chi connectivity index (χ3v) is 4.83. The van der Waals surface area contributed by atoms with Crippen LogP contribution in [0.2, 0.25) is 0 Å². The Hall–Kier alpha value is -3.32. The van der Waals surface area contributed by atoms with Gasteiger partial charge >= 0.3 is 16.1 Å². The lowest BCUT2D eigenvalue weighted by Crippen LogP contribution is -2.15. The van der Waals surface area contributed by atoms with Crippen molar-refractivity contribution in [2.24, 2.45) is 0 Å². The Bertz CT molecular complexity index is 1030. The van der Waals surface area contributed by atoms with Gasteiger partial charge in [0.2, 0.25) is 0 Å². The lowest BCUT2D eigenvalue weighted by molar-refractivity contribution is 0.0732. The standard InChI is InChI=1S/C20H16O6S/c1-24-18-14-8-13-17(20(21)25-15-9-4-2-5-10-15)19(18)26-27(22,23)16-11-6-3-7-12-16/h2-14H,1H3. The summed E-state index contributed by atoms with van der Waals surface area (Å²) in [6.45, 7) is 0. The Labute approximate surface area is 157 Å². The molecule has 3 rings (SSSR count). The highest BCUT2D eigenvalue weighted by molar-refractivity contribution is 7.87. The zero-order chi connectivity index (χ0) is 19.3. The molecule has 6 nitrogen and oxygen atoms in total. The van der Waals surface area contributed by atoms with E-state index in [2.05, 4.69) is 0 Å². The van der Waals surface area contributed by atoms with Crippen LogP contribution in [0.1, 0.15) is 10.4 Å². The van der Waals surface area contributed by atoms with Crippen LogP contribution in [0.4, 0.5) is 0 Å². The molecule has 0 bridgehead atoms. The molecule has 0 heterocycles. The SMILES string of the molecule is COc1cccc(C(=O)Oc2ccccc2)c1OS(=O)(=O)c1ccccc1. The van der Waals surface area contributed by atoms with Crippen LogP contribution < -0.4 is 13.7 Å². The van der Waals surface area contributed by atoms with Crippen LogP contribution in [0, 0.1) is 0 Å². The number of carbonyl (C=O) groups excluding carboxylic acids is 1. The van der Waals surface area contributed by atoms with Crippen molar-refractivity contribution in [2.45, 2.75) is 4.90 Å². The summed E-state index contributed by atoms with van der Waals surface area (Å²) in [6.07, 6.45) is 0. The van der Waals surface area contributed by atoms with Gasteiger partial charge in [-0.25, -0.2) is 4.79 Å². The topological polar surface area (TPSA) is 78.9 Å². The van der Waals surface area contributed by atoms with Crippen LogP contribution in [0.15, 0.2) is 83.8 Å². The average Bonchev–Trinajstić information content (AvgIpc) is 2.69. The van der Waals surface area contributed by atoms with Crippen molar-refractivity contribution in [3.05, 3.63) is 84.4 Å². The monoisotopic (exact) mass is 384 g/mol. The van der Waals surface area contributed by atoms with Crippen molar-refractivity contribution >= 4 is 16.1 Å². The summed E-state index contributed by atoms with van der Waals surface area (Å²) in [4.78, 5) is 12.5. The molecule has 3 aromatic rings. The van der Waals surface area contributed by atoms with E-state index < -0.39 is 16.1 Å². The summed E-state index contributed by atoms with van der Waals surface area (Å²) in [7, 11) is -2.81. The molecule has 0 unspecified atom stereocenters. The van der Waals surface area contributed by atoms with Gasteiger partial charge in [-0.1, -0.05) is 42.5 Å². The van der Waals surface area contributed by atoms with E-state index in [0.717, 1.165) is 0 Å². The Morgan fingerprint density at radius 3 is 2.07 bits per heavy atom. The Morgan fingerprint density at radius 2 is 1.44 bits per heavy atom. The van der Waals surface area contributed by atoms with Gasteiger partial charge in [0, 0.05) is 0 Å². The Balaban J connectivity index is 1.98. The number of rotatable bonds is 6. The third-order valence-electron chi connectivity index (χ3n) is 3.60. The molecule has 138 valence electrons. The Morgan fingerprint density at radius 1 is 0.815 bits per heavy atom. The van der Waals surface area contributed by atoms with E-state index in [1.54, 1.807) is 54.6 Å².